The molecule has 2 aromatic rings. The zero-order chi connectivity index (χ0) is 17.3. The summed E-state index contributed by atoms with van der Waals surface area (Å²) in [5.41, 5.74) is 0.357. The normalized spacial score (nSPS) is 22.6. The van der Waals surface area contributed by atoms with Crippen molar-refractivity contribution in [2.24, 2.45) is 0 Å². The van der Waals surface area contributed by atoms with Gasteiger partial charge in [-0.25, -0.2) is 0 Å². The van der Waals surface area contributed by atoms with Gasteiger partial charge in [0.1, 0.15) is 17.0 Å². The molecule has 25 heavy (non-hydrogen) atoms. The van der Waals surface area contributed by atoms with E-state index in [0.29, 0.717) is 36.6 Å². The Kier molecular flexibility index (Phi) is 3.87. The van der Waals surface area contributed by atoms with Gasteiger partial charge in [0.05, 0.1) is 18.7 Å². The Morgan fingerprint density at radius 2 is 2.04 bits per heavy atom. The van der Waals surface area contributed by atoms with Crippen LogP contribution in [0.15, 0.2) is 48.7 Å². The number of ether oxygens (including phenoxy) is 1. The van der Waals surface area contributed by atoms with Crippen molar-refractivity contribution in [1.82, 2.24) is 15.2 Å². The Morgan fingerprint density at radius 1 is 1.20 bits per heavy atom. The van der Waals surface area contributed by atoms with E-state index < -0.39 is 5.60 Å². The summed E-state index contributed by atoms with van der Waals surface area (Å²) in [6, 6.07) is 12.5. The van der Waals surface area contributed by atoms with Crippen LogP contribution in [-0.2, 0) is 0 Å². The van der Waals surface area contributed by atoms with Gasteiger partial charge in [0.25, 0.3) is 11.8 Å². The van der Waals surface area contributed by atoms with Crippen molar-refractivity contribution in [3.8, 4) is 5.75 Å². The van der Waals surface area contributed by atoms with Gasteiger partial charge in [-0.3, -0.25) is 14.6 Å². The average molecular weight is 337 g/mol. The number of carbonyl (C=O) groups excluding carboxylic acids is 2. The van der Waals surface area contributed by atoms with Crippen molar-refractivity contribution in [3.63, 3.8) is 0 Å². The molecule has 6 heteroatoms. The van der Waals surface area contributed by atoms with Crippen molar-refractivity contribution >= 4 is 11.8 Å². The maximum Gasteiger partial charge on any atom is 0.272 e. The molecule has 0 saturated carbocycles. The standard InChI is InChI=1S/C19H19N3O3/c23-17-14-6-1-2-8-16(14)25-19(12-21-17)9-5-11-22(13-19)18(24)15-7-3-4-10-20-15/h1-4,6-8,10H,5,9,11-13H2,(H,21,23)/t19-/m1/s1. The van der Waals surface area contributed by atoms with Gasteiger partial charge in [0.2, 0.25) is 0 Å². The van der Waals surface area contributed by atoms with Crippen LogP contribution < -0.4 is 10.1 Å². The molecule has 128 valence electrons. The molecule has 1 atom stereocenters. The second kappa shape index (κ2) is 6.20. The van der Waals surface area contributed by atoms with Crippen LogP contribution in [0.2, 0.25) is 0 Å². The van der Waals surface area contributed by atoms with E-state index in [1.807, 2.05) is 18.2 Å². The first-order valence-corrected chi connectivity index (χ1v) is 8.43. The molecule has 3 heterocycles. The van der Waals surface area contributed by atoms with Gasteiger partial charge in [-0.2, -0.15) is 0 Å². The highest BCUT2D eigenvalue weighted by atomic mass is 16.5. The lowest BCUT2D eigenvalue weighted by molar-refractivity contribution is -0.00109. The summed E-state index contributed by atoms with van der Waals surface area (Å²) in [6.45, 7) is 1.47. The van der Waals surface area contributed by atoms with Gasteiger partial charge in [0.15, 0.2) is 0 Å². The van der Waals surface area contributed by atoms with Gasteiger partial charge in [-0.15, -0.1) is 0 Å². The number of hydrogen-bond acceptors (Lipinski definition) is 4. The minimum absolute atomic E-state index is 0.105. The first-order valence-electron chi connectivity index (χ1n) is 8.43. The summed E-state index contributed by atoms with van der Waals surface area (Å²) in [6.07, 6.45) is 3.22. The molecule has 0 aliphatic carbocycles. The maximum absolute atomic E-state index is 12.7. The number of amides is 2. The van der Waals surface area contributed by atoms with E-state index in [1.54, 1.807) is 35.4 Å². The molecule has 0 bridgehead atoms. The van der Waals surface area contributed by atoms with Gasteiger partial charge >= 0.3 is 0 Å². The number of nitrogens with zero attached hydrogens (tertiary/aromatic N) is 2. The van der Waals surface area contributed by atoms with Gasteiger partial charge < -0.3 is 15.0 Å². The van der Waals surface area contributed by atoms with Crippen LogP contribution in [-0.4, -0.2) is 46.9 Å². The molecule has 0 radical (unpaired) electrons. The van der Waals surface area contributed by atoms with Gasteiger partial charge in [-0.05, 0) is 37.1 Å². The molecule has 1 aromatic heterocycles. The molecule has 2 aliphatic rings. The van der Waals surface area contributed by atoms with E-state index in [0.717, 1.165) is 12.8 Å². The third-order valence-corrected chi connectivity index (χ3v) is 4.74. The predicted octanol–water partition coefficient (Wildman–Crippen LogP) is 1.88. The van der Waals surface area contributed by atoms with Crippen molar-refractivity contribution in [1.29, 1.82) is 0 Å². The van der Waals surface area contributed by atoms with Gasteiger partial charge in [0, 0.05) is 12.7 Å². The Bertz CT molecular complexity index is 809. The van der Waals surface area contributed by atoms with Crippen LogP contribution >= 0.6 is 0 Å². The highest BCUT2D eigenvalue weighted by molar-refractivity contribution is 5.97. The van der Waals surface area contributed by atoms with Crippen molar-refractivity contribution in [2.45, 2.75) is 18.4 Å². The van der Waals surface area contributed by atoms with Gasteiger partial charge in [-0.1, -0.05) is 18.2 Å². The minimum atomic E-state index is -0.606. The van der Waals surface area contributed by atoms with Crippen LogP contribution in [0.3, 0.4) is 0 Å². The number of hydrogen-bond donors (Lipinski definition) is 1. The SMILES string of the molecule is O=C1NC[C@@]2(CCCN(C(=O)c3ccccn3)C2)Oc2ccccc21. The molecule has 6 nitrogen and oxygen atoms in total. The monoisotopic (exact) mass is 337 g/mol. The number of para-hydroxylation sites is 1. The molecular weight excluding hydrogens is 318 g/mol. The fraction of sp³-hybridized carbons (Fsp3) is 0.316. The summed E-state index contributed by atoms with van der Waals surface area (Å²) in [7, 11) is 0. The number of nitrogens with one attached hydrogen (secondary N) is 1. The molecule has 1 saturated heterocycles. The Hall–Kier alpha value is -2.89. The number of aromatic nitrogens is 1. The third kappa shape index (κ3) is 2.95. The maximum atomic E-state index is 12.7. The van der Waals surface area contributed by atoms with Crippen molar-refractivity contribution in [3.05, 3.63) is 59.9 Å². The predicted molar refractivity (Wildman–Crippen MR) is 91.5 cm³/mol. The second-order valence-electron chi connectivity index (χ2n) is 6.51. The number of piperidine rings is 1. The quantitative estimate of drug-likeness (QED) is 0.862. The number of fused-ring (bicyclic) bond motifs is 1. The first-order chi connectivity index (χ1) is 12.2. The number of benzene rings is 1. The number of pyridine rings is 1. The van der Waals surface area contributed by atoms with E-state index in [2.05, 4.69) is 10.3 Å². The Balaban J connectivity index is 1.60. The zero-order valence-corrected chi connectivity index (χ0v) is 13.8. The fourth-order valence-electron chi connectivity index (χ4n) is 3.50. The average Bonchev–Trinajstić information content (AvgIpc) is 2.79. The fourth-order valence-corrected chi connectivity index (χ4v) is 3.50. The van der Waals surface area contributed by atoms with E-state index in [4.69, 9.17) is 4.74 Å². The van der Waals surface area contributed by atoms with Crippen LogP contribution in [0.1, 0.15) is 33.7 Å². The van der Waals surface area contributed by atoms with Crippen LogP contribution in [0.25, 0.3) is 0 Å². The first kappa shape index (κ1) is 15.6. The number of carbonyl (C=O) groups is 2. The molecule has 1 fully saturated rings. The summed E-state index contributed by atoms with van der Waals surface area (Å²) < 4.78 is 6.27. The molecule has 4 rings (SSSR count). The smallest absolute Gasteiger partial charge is 0.272 e. The third-order valence-electron chi connectivity index (χ3n) is 4.74. The Labute approximate surface area is 145 Å². The lowest BCUT2D eigenvalue weighted by Gasteiger charge is -2.41. The molecule has 1 N–H and O–H groups in total. The minimum Gasteiger partial charge on any atom is -0.483 e. The van der Waals surface area contributed by atoms with Crippen LogP contribution in [0.4, 0.5) is 0 Å². The molecule has 1 aromatic carbocycles. The largest absolute Gasteiger partial charge is 0.483 e. The molecule has 0 unspecified atom stereocenters. The molecular formula is C19H19N3O3. The lowest BCUT2D eigenvalue weighted by atomic mass is 9.92. The summed E-state index contributed by atoms with van der Waals surface area (Å²) in [5.74, 6) is 0.331. The lowest BCUT2D eigenvalue weighted by Crippen LogP contribution is -2.58. The van der Waals surface area contributed by atoms with Crippen molar-refractivity contribution in [2.75, 3.05) is 19.6 Å². The highest BCUT2D eigenvalue weighted by Crippen LogP contribution is 2.32. The Morgan fingerprint density at radius 3 is 2.88 bits per heavy atom. The van der Waals surface area contributed by atoms with E-state index in [1.165, 1.54) is 0 Å². The zero-order valence-electron chi connectivity index (χ0n) is 13.8. The van der Waals surface area contributed by atoms with Crippen LogP contribution in [0.5, 0.6) is 5.75 Å². The molecule has 2 amide bonds. The molecule has 2 aliphatic heterocycles. The van der Waals surface area contributed by atoms with Crippen LogP contribution in [0, 0.1) is 0 Å². The number of likely N-dealkylation sites (tertiary alicyclic amines) is 1. The van der Waals surface area contributed by atoms with E-state index in [-0.39, 0.29) is 11.8 Å². The number of rotatable bonds is 1. The van der Waals surface area contributed by atoms with Crippen molar-refractivity contribution < 1.29 is 14.3 Å². The summed E-state index contributed by atoms with van der Waals surface area (Å²) in [5, 5.41) is 2.94. The second-order valence-corrected chi connectivity index (χ2v) is 6.51. The molecule has 1 spiro atoms. The summed E-state index contributed by atoms with van der Waals surface area (Å²) >= 11 is 0. The highest BCUT2D eigenvalue weighted by Gasteiger charge is 2.42. The topological polar surface area (TPSA) is 71.5 Å². The summed E-state index contributed by atoms with van der Waals surface area (Å²) in [4.78, 5) is 31.0. The van der Waals surface area contributed by atoms with E-state index in [9.17, 15) is 9.59 Å². The van der Waals surface area contributed by atoms with E-state index >= 15 is 0 Å².